The molecule has 0 aromatic heterocycles. The van der Waals surface area contributed by atoms with Crippen molar-refractivity contribution in [2.24, 2.45) is 0 Å². The average Bonchev–Trinajstić information content (AvgIpc) is 2.86. The highest BCUT2D eigenvalue weighted by Gasteiger charge is 2.23. The lowest BCUT2D eigenvalue weighted by Crippen LogP contribution is -2.29. The van der Waals surface area contributed by atoms with Gasteiger partial charge in [-0.2, -0.15) is 0 Å². The third kappa shape index (κ3) is 3.43. The molecule has 2 rings (SSSR count). The molecule has 1 atom stereocenters. The van der Waals surface area contributed by atoms with Gasteiger partial charge in [-0.15, -0.1) is 6.42 Å². The van der Waals surface area contributed by atoms with E-state index in [9.17, 15) is 4.79 Å². The number of hydrogen-bond acceptors (Lipinski definition) is 4. The molecule has 1 aromatic rings. The molecule has 1 amide bonds. The molecule has 1 aliphatic heterocycles. The quantitative estimate of drug-likeness (QED) is 0.755. The maximum Gasteiger partial charge on any atom is 0.258 e. The maximum atomic E-state index is 11.4. The van der Waals surface area contributed by atoms with E-state index in [1.165, 1.54) is 0 Å². The second kappa shape index (κ2) is 6.83. The smallest absolute Gasteiger partial charge is 0.258 e. The molecule has 0 radical (unpaired) electrons. The minimum absolute atomic E-state index is 0.0584. The van der Waals surface area contributed by atoms with E-state index in [0.717, 1.165) is 17.9 Å². The van der Waals surface area contributed by atoms with Crippen molar-refractivity contribution in [2.75, 3.05) is 26.3 Å². The van der Waals surface area contributed by atoms with Gasteiger partial charge in [0.05, 0.1) is 12.6 Å². The zero-order valence-electron chi connectivity index (χ0n) is 11.4. The molecule has 0 bridgehead atoms. The third-order valence-electron chi connectivity index (χ3n) is 2.97. The van der Waals surface area contributed by atoms with Gasteiger partial charge in [0.15, 0.2) is 6.61 Å². The van der Waals surface area contributed by atoms with E-state index in [1.54, 1.807) is 6.07 Å². The van der Waals surface area contributed by atoms with Gasteiger partial charge in [-0.05, 0) is 18.7 Å². The van der Waals surface area contributed by atoms with Crippen LogP contribution in [0.4, 0.5) is 0 Å². The first kappa shape index (κ1) is 14.2. The van der Waals surface area contributed by atoms with Crippen LogP contribution >= 0.6 is 0 Å². The van der Waals surface area contributed by atoms with Gasteiger partial charge in [-0.1, -0.05) is 12.8 Å². The van der Waals surface area contributed by atoms with Crippen molar-refractivity contribution >= 4 is 5.91 Å². The van der Waals surface area contributed by atoms with Gasteiger partial charge in [0.2, 0.25) is 0 Å². The van der Waals surface area contributed by atoms with Gasteiger partial charge < -0.3 is 20.1 Å². The Morgan fingerprint density at radius 2 is 2.45 bits per heavy atom. The van der Waals surface area contributed by atoms with Crippen LogP contribution in [0.15, 0.2) is 18.2 Å². The Hall–Kier alpha value is -2.19. The van der Waals surface area contributed by atoms with Crippen molar-refractivity contribution in [3.63, 3.8) is 0 Å². The number of likely N-dealkylation sites (N-methyl/N-ethyl adjacent to an activating group) is 1. The highest BCUT2D eigenvalue weighted by Crippen LogP contribution is 2.35. The number of hydrogen-bond donors (Lipinski definition) is 2. The Balaban J connectivity index is 1.92. The molecule has 0 saturated carbocycles. The van der Waals surface area contributed by atoms with E-state index in [0.29, 0.717) is 12.4 Å². The standard InChI is InChI=1S/C15H18N2O3/c1-3-7-17-15(18)10-19-11-5-6-12-13(16-4-2)9-20-14(12)8-11/h1,5-6,8,13,16H,4,7,9-10H2,2H3,(H,17,18). The summed E-state index contributed by atoms with van der Waals surface area (Å²) in [6.45, 7) is 3.72. The van der Waals surface area contributed by atoms with E-state index in [1.807, 2.05) is 12.1 Å². The van der Waals surface area contributed by atoms with Crippen LogP contribution in [0.2, 0.25) is 0 Å². The fraction of sp³-hybridized carbons (Fsp3) is 0.400. The largest absolute Gasteiger partial charge is 0.491 e. The van der Waals surface area contributed by atoms with E-state index in [4.69, 9.17) is 15.9 Å². The first-order chi connectivity index (χ1) is 9.74. The number of fused-ring (bicyclic) bond motifs is 1. The average molecular weight is 274 g/mol. The molecule has 0 spiro atoms. The van der Waals surface area contributed by atoms with Gasteiger partial charge in [0, 0.05) is 11.6 Å². The van der Waals surface area contributed by atoms with E-state index >= 15 is 0 Å². The number of benzene rings is 1. The van der Waals surface area contributed by atoms with Crippen LogP contribution in [0.1, 0.15) is 18.5 Å². The summed E-state index contributed by atoms with van der Waals surface area (Å²) in [5.74, 6) is 3.50. The van der Waals surface area contributed by atoms with Crippen LogP contribution in [-0.4, -0.2) is 32.2 Å². The van der Waals surface area contributed by atoms with Crippen molar-refractivity contribution in [2.45, 2.75) is 13.0 Å². The Bertz CT molecular complexity index is 522. The molecule has 1 heterocycles. The molecule has 1 aromatic carbocycles. The van der Waals surface area contributed by atoms with E-state index < -0.39 is 0 Å². The van der Waals surface area contributed by atoms with Crippen LogP contribution in [0.25, 0.3) is 0 Å². The molecular weight excluding hydrogens is 256 g/mol. The first-order valence-corrected chi connectivity index (χ1v) is 6.57. The van der Waals surface area contributed by atoms with Crippen molar-refractivity contribution in [1.82, 2.24) is 10.6 Å². The topological polar surface area (TPSA) is 59.6 Å². The van der Waals surface area contributed by atoms with Crippen molar-refractivity contribution in [3.05, 3.63) is 23.8 Å². The zero-order valence-corrected chi connectivity index (χ0v) is 11.4. The zero-order chi connectivity index (χ0) is 14.4. The summed E-state index contributed by atoms with van der Waals surface area (Å²) in [5.41, 5.74) is 1.12. The summed E-state index contributed by atoms with van der Waals surface area (Å²) in [4.78, 5) is 11.4. The maximum absolute atomic E-state index is 11.4. The molecular formula is C15H18N2O3. The number of carbonyl (C=O) groups is 1. The second-order valence-electron chi connectivity index (χ2n) is 4.39. The van der Waals surface area contributed by atoms with Crippen LogP contribution in [0.5, 0.6) is 11.5 Å². The SMILES string of the molecule is C#CCNC(=O)COc1ccc2c(c1)OCC2NCC. The summed E-state index contributed by atoms with van der Waals surface area (Å²) >= 11 is 0. The molecule has 5 nitrogen and oxygen atoms in total. The highest BCUT2D eigenvalue weighted by atomic mass is 16.5. The molecule has 1 unspecified atom stereocenters. The summed E-state index contributed by atoms with van der Waals surface area (Å²) in [5, 5.41) is 5.88. The van der Waals surface area contributed by atoms with Crippen LogP contribution in [-0.2, 0) is 4.79 Å². The molecule has 1 aliphatic rings. The third-order valence-corrected chi connectivity index (χ3v) is 2.97. The van der Waals surface area contributed by atoms with Crippen molar-refractivity contribution in [3.8, 4) is 23.8 Å². The lowest BCUT2D eigenvalue weighted by atomic mass is 10.1. The van der Waals surface area contributed by atoms with Gasteiger partial charge in [-0.3, -0.25) is 4.79 Å². The number of amides is 1. The highest BCUT2D eigenvalue weighted by molar-refractivity contribution is 5.77. The van der Waals surface area contributed by atoms with Gasteiger partial charge in [-0.25, -0.2) is 0 Å². The number of rotatable bonds is 6. The minimum atomic E-state index is -0.241. The molecule has 2 N–H and O–H groups in total. The predicted molar refractivity (Wildman–Crippen MR) is 75.7 cm³/mol. The predicted octanol–water partition coefficient (Wildman–Crippen LogP) is 0.858. The fourth-order valence-corrected chi connectivity index (χ4v) is 2.05. The molecule has 5 heteroatoms. The molecule has 0 aliphatic carbocycles. The number of carbonyl (C=O) groups excluding carboxylic acids is 1. The van der Waals surface area contributed by atoms with Crippen molar-refractivity contribution < 1.29 is 14.3 Å². The molecule has 106 valence electrons. The summed E-state index contributed by atoms with van der Waals surface area (Å²) < 4.78 is 11.0. The summed E-state index contributed by atoms with van der Waals surface area (Å²) in [7, 11) is 0. The summed E-state index contributed by atoms with van der Waals surface area (Å²) in [6.07, 6.45) is 5.06. The number of terminal acetylenes is 1. The lowest BCUT2D eigenvalue weighted by Gasteiger charge is -2.10. The Labute approximate surface area is 118 Å². The van der Waals surface area contributed by atoms with Gasteiger partial charge >= 0.3 is 0 Å². The Morgan fingerprint density at radius 1 is 1.60 bits per heavy atom. The monoisotopic (exact) mass is 274 g/mol. The van der Waals surface area contributed by atoms with E-state index in [-0.39, 0.29) is 25.1 Å². The van der Waals surface area contributed by atoms with Crippen LogP contribution in [0, 0.1) is 12.3 Å². The first-order valence-electron chi connectivity index (χ1n) is 6.57. The Kier molecular flexibility index (Phi) is 4.85. The van der Waals surface area contributed by atoms with Gasteiger partial charge in [0.1, 0.15) is 18.1 Å². The van der Waals surface area contributed by atoms with Crippen LogP contribution in [0.3, 0.4) is 0 Å². The molecule has 0 saturated heterocycles. The lowest BCUT2D eigenvalue weighted by molar-refractivity contribution is -0.122. The summed E-state index contributed by atoms with van der Waals surface area (Å²) in [6, 6.07) is 5.83. The second-order valence-corrected chi connectivity index (χ2v) is 4.39. The Morgan fingerprint density at radius 3 is 3.20 bits per heavy atom. The normalized spacial score (nSPS) is 15.9. The number of nitrogens with one attached hydrogen (secondary N) is 2. The van der Waals surface area contributed by atoms with Gasteiger partial charge in [0.25, 0.3) is 5.91 Å². The van der Waals surface area contributed by atoms with E-state index in [2.05, 4.69) is 23.5 Å². The minimum Gasteiger partial charge on any atom is -0.491 e. The molecule has 20 heavy (non-hydrogen) atoms. The number of ether oxygens (including phenoxy) is 2. The van der Waals surface area contributed by atoms with Crippen molar-refractivity contribution in [1.29, 1.82) is 0 Å². The fourth-order valence-electron chi connectivity index (χ4n) is 2.05. The molecule has 0 fully saturated rings. The van der Waals surface area contributed by atoms with Crippen LogP contribution < -0.4 is 20.1 Å².